The predicted molar refractivity (Wildman–Crippen MR) is 88.4 cm³/mol. The highest BCUT2D eigenvalue weighted by molar-refractivity contribution is 7.89. The van der Waals surface area contributed by atoms with Gasteiger partial charge in [0.2, 0.25) is 10.0 Å². The van der Waals surface area contributed by atoms with Crippen LogP contribution in [-0.2, 0) is 10.0 Å². The zero-order valence-corrected chi connectivity index (χ0v) is 14.7. The fourth-order valence-corrected chi connectivity index (χ4v) is 3.46. The first-order valence-electron chi connectivity index (χ1n) is 6.60. The third kappa shape index (κ3) is 5.00. The Bertz CT molecular complexity index is 591. The molecule has 0 atom stereocenters. The highest BCUT2D eigenvalue weighted by Crippen LogP contribution is 2.32. The first-order valence-corrected chi connectivity index (χ1v) is 8.84. The minimum atomic E-state index is -3.69. The molecule has 3 N–H and O–H groups in total. The van der Waals surface area contributed by atoms with Gasteiger partial charge < -0.3 is 10.6 Å². The van der Waals surface area contributed by atoms with E-state index in [4.69, 9.17) is 28.9 Å². The topological polar surface area (TPSA) is 75.4 Å². The Hall–Kier alpha value is -0.530. The number of halogens is 2. The van der Waals surface area contributed by atoms with Crippen molar-refractivity contribution in [2.75, 3.05) is 25.9 Å². The van der Waals surface area contributed by atoms with Crippen molar-refractivity contribution in [1.82, 2.24) is 9.62 Å². The summed E-state index contributed by atoms with van der Waals surface area (Å²) in [6.45, 7) is 5.30. The van der Waals surface area contributed by atoms with Crippen LogP contribution in [0.1, 0.15) is 20.3 Å². The Kier molecular flexibility index (Phi) is 6.74. The normalized spacial score (nSPS) is 12.3. The molecule has 8 heteroatoms. The SMILES string of the molecule is CC(C)N(C)CCCNS(=O)(=O)c1ccc(Cl)c(N)c1Cl. The van der Waals surface area contributed by atoms with Gasteiger partial charge in [-0.2, -0.15) is 0 Å². The van der Waals surface area contributed by atoms with Gasteiger partial charge >= 0.3 is 0 Å². The monoisotopic (exact) mass is 353 g/mol. The van der Waals surface area contributed by atoms with E-state index in [-0.39, 0.29) is 20.6 Å². The fraction of sp³-hybridized carbons (Fsp3) is 0.538. The second kappa shape index (κ2) is 7.65. The van der Waals surface area contributed by atoms with Crippen LogP contribution in [0.4, 0.5) is 5.69 Å². The minimum Gasteiger partial charge on any atom is -0.396 e. The third-order valence-electron chi connectivity index (χ3n) is 3.24. The summed E-state index contributed by atoms with van der Waals surface area (Å²) in [5.41, 5.74) is 5.71. The zero-order chi connectivity index (χ0) is 16.2. The Morgan fingerprint density at radius 1 is 1.33 bits per heavy atom. The predicted octanol–water partition coefficient (Wildman–Crippen LogP) is 2.58. The summed E-state index contributed by atoms with van der Waals surface area (Å²) in [4.78, 5) is 2.09. The van der Waals surface area contributed by atoms with E-state index in [0.717, 1.165) is 6.54 Å². The molecule has 0 heterocycles. The number of rotatable bonds is 7. The molecule has 0 aliphatic rings. The summed E-state index contributed by atoms with van der Waals surface area (Å²) in [6.07, 6.45) is 0.703. The number of benzene rings is 1. The molecule has 0 aliphatic carbocycles. The maximum atomic E-state index is 12.2. The van der Waals surface area contributed by atoms with Gasteiger partial charge in [-0.3, -0.25) is 0 Å². The van der Waals surface area contributed by atoms with Gasteiger partial charge in [-0.1, -0.05) is 23.2 Å². The number of sulfonamides is 1. The molecule has 0 fully saturated rings. The van der Waals surface area contributed by atoms with Crippen molar-refractivity contribution >= 4 is 38.9 Å². The van der Waals surface area contributed by atoms with Gasteiger partial charge in [0.15, 0.2) is 0 Å². The lowest BCUT2D eigenvalue weighted by atomic mass is 10.3. The van der Waals surface area contributed by atoms with Crippen LogP contribution in [0.25, 0.3) is 0 Å². The largest absolute Gasteiger partial charge is 0.396 e. The molecule has 1 rings (SSSR count). The lowest BCUT2D eigenvalue weighted by Gasteiger charge is -2.20. The van der Waals surface area contributed by atoms with E-state index >= 15 is 0 Å². The van der Waals surface area contributed by atoms with E-state index in [1.807, 2.05) is 7.05 Å². The summed E-state index contributed by atoms with van der Waals surface area (Å²) < 4.78 is 26.9. The molecule has 0 radical (unpaired) electrons. The van der Waals surface area contributed by atoms with Crippen LogP contribution >= 0.6 is 23.2 Å². The van der Waals surface area contributed by atoms with Gasteiger partial charge in [0, 0.05) is 12.6 Å². The van der Waals surface area contributed by atoms with Crippen LogP contribution in [0.3, 0.4) is 0 Å². The van der Waals surface area contributed by atoms with Gasteiger partial charge in [-0.15, -0.1) is 0 Å². The molecule has 120 valence electrons. The van der Waals surface area contributed by atoms with E-state index in [2.05, 4.69) is 23.5 Å². The quantitative estimate of drug-likeness (QED) is 0.583. The van der Waals surface area contributed by atoms with Gasteiger partial charge in [0.25, 0.3) is 0 Å². The molecular weight excluding hydrogens is 333 g/mol. The molecule has 0 aromatic heterocycles. The maximum absolute atomic E-state index is 12.2. The Labute approximate surface area is 136 Å². The molecule has 21 heavy (non-hydrogen) atoms. The number of hydrogen-bond acceptors (Lipinski definition) is 4. The summed E-state index contributed by atoms with van der Waals surface area (Å²) in [7, 11) is -1.69. The summed E-state index contributed by atoms with van der Waals surface area (Å²) in [6, 6.07) is 3.19. The van der Waals surface area contributed by atoms with Gasteiger partial charge in [-0.25, -0.2) is 13.1 Å². The molecule has 0 saturated heterocycles. The van der Waals surface area contributed by atoms with Gasteiger partial charge in [0.1, 0.15) is 4.90 Å². The number of hydrogen-bond donors (Lipinski definition) is 2. The number of nitrogens with two attached hydrogens (primary N) is 1. The molecule has 0 unspecified atom stereocenters. The Morgan fingerprint density at radius 3 is 2.52 bits per heavy atom. The van der Waals surface area contributed by atoms with E-state index in [1.54, 1.807) is 0 Å². The number of anilines is 1. The van der Waals surface area contributed by atoms with Crippen LogP contribution in [0.15, 0.2) is 17.0 Å². The lowest BCUT2D eigenvalue weighted by molar-refractivity contribution is 0.271. The van der Waals surface area contributed by atoms with Crippen LogP contribution in [-0.4, -0.2) is 39.5 Å². The van der Waals surface area contributed by atoms with Crippen LogP contribution in [0.2, 0.25) is 10.0 Å². The molecular formula is C13H21Cl2N3O2S. The van der Waals surface area contributed by atoms with Crippen molar-refractivity contribution in [3.8, 4) is 0 Å². The zero-order valence-electron chi connectivity index (χ0n) is 12.4. The van der Waals surface area contributed by atoms with Crippen LogP contribution in [0, 0.1) is 0 Å². The summed E-state index contributed by atoms with van der Waals surface area (Å²) in [5.74, 6) is 0. The summed E-state index contributed by atoms with van der Waals surface area (Å²) in [5, 5.41) is 0.187. The Morgan fingerprint density at radius 2 is 1.95 bits per heavy atom. The molecule has 0 spiro atoms. The highest BCUT2D eigenvalue weighted by Gasteiger charge is 2.20. The van der Waals surface area contributed by atoms with E-state index < -0.39 is 10.0 Å². The molecule has 0 bridgehead atoms. The lowest BCUT2D eigenvalue weighted by Crippen LogP contribution is -2.31. The highest BCUT2D eigenvalue weighted by atomic mass is 35.5. The van der Waals surface area contributed by atoms with Crippen molar-refractivity contribution < 1.29 is 8.42 Å². The number of nitrogens with one attached hydrogen (secondary N) is 1. The van der Waals surface area contributed by atoms with Crippen LogP contribution < -0.4 is 10.5 Å². The van der Waals surface area contributed by atoms with Crippen molar-refractivity contribution in [2.45, 2.75) is 31.2 Å². The molecule has 0 amide bonds. The average Bonchev–Trinajstić information content (AvgIpc) is 2.40. The van der Waals surface area contributed by atoms with E-state index in [9.17, 15) is 8.42 Å². The molecule has 0 aliphatic heterocycles. The second-order valence-corrected chi connectivity index (χ2v) is 7.62. The van der Waals surface area contributed by atoms with Gasteiger partial charge in [0.05, 0.1) is 15.7 Å². The Balaban J connectivity index is 2.69. The molecule has 1 aromatic carbocycles. The fourth-order valence-electron chi connectivity index (χ4n) is 1.63. The third-order valence-corrected chi connectivity index (χ3v) is 5.59. The number of nitrogen functional groups attached to an aromatic ring is 1. The first-order chi connectivity index (χ1) is 9.66. The van der Waals surface area contributed by atoms with E-state index in [1.165, 1.54) is 12.1 Å². The van der Waals surface area contributed by atoms with Crippen molar-refractivity contribution in [3.63, 3.8) is 0 Å². The standard InChI is InChI=1S/C13H21Cl2N3O2S/c1-9(2)18(3)8-4-7-17-21(19,20)11-6-5-10(14)13(16)12(11)15/h5-6,9,17H,4,7-8,16H2,1-3H3. The molecule has 5 nitrogen and oxygen atoms in total. The van der Waals surface area contributed by atoms with E-state index in [0.29, 0.717) is 19.0 Å². The smallest absolute Gasteiger partial charge is 0.242 e. The second-order valence-electron chi connectivity index (χ2n) is 5.10. The molecule has 1 aromatic rings. The van der Waals surface area contributed by atoms with Crippen molar-refractivity contribution in [1.29, 1.82) is 0 Å². The van der Waals surface area contributed by atoms with Crippen molar-refractivity contribution in [3.05, 3.63) is 22.2 Å². The molecule has 0 saturated carbocycles. The minimum absolute atomic E-state index is 0.0469. The van der Waals surface area contributed by atoms with Gasteiger partial charge in [-0.05, 0) is 46.0 Å². The first kappa shape index (κ1) is 18.5. The number of nitrogens with zero attached hydrogens (tertiary/aromatic N) is 1. The van der Waals surface area contributed by atoms with Crippen LogP contribution in [0.5, 0.6) is 0 Å². The summed E-state index contributed by atoms with van der Waals surface area (Å²) >= 11 is 11.7. The van der Waals surface area contributed by atoms with Crippen molar-refractivity contribution in [2.24, 2.45) is 0 Å². The average molecular weight is 354 g/mol. The maximum Gasteiger partial charge on any atom is 0.242 e.